The summed E-state index contributed by atoms with van der Waals surface area (Å²) in [7, 11) is 0. The summed E-state index contributed by atoms with van der Waals surface area (Å²) in [5.41, 5.74) is 2.72. The van der Waals surface area contributed by atoms with Gasteiger partial charge in [0.2, 0.25) is 5.96 Å². The van der Waals surface area contributed by atoms with Gasteiger partial charge in [0.05, 0.1) is 0 Å². The second-order valence-electron chi connectivity index (χ2n) is 4.49. The quantitative estimate of drug-likeness (QED) is 0.282. The molecule has 0 aromatic carbocycles. The Labute approximate surface area is 118 Å². The standard InChI is InChI=1S/C12H22N6S/c1-2-3-4-14-11(16-13)17-6-8-18(9-7-17)12-15-5-10-19-12/h5,10H,2-4,6-9,13H2,1H3,(H,14,16). The van der Waals surface area contributed by atoms with Crippen LogP contribution in [0.1, 0.15) is 19.8 Å². The molecule has 3 N–H and O–H groups in total. The van der Waals surface area contributed by atoms with Gasteiger partial charge < -0.3 is 9.80 Å². The number of piperazine rings is 1. The summed E-state index contributed by atoms with van der Waals surface area (Å²) in [5, 5.41) is 3.12. The molecule has 6 nitrogen and oxygen atoms in total. The summed E-state index contributed by atoms with van der Waals surface area (Å²) >= 11 is 1.69. The van der Waals surface area contributed by atoms with Gasteiger partial charge in [-0.25, -0.2) is 10.8 Å². The molecule has 0 aliphatic carbocycles. The van der Waals surface area contributed by atoms with E-state index < -0.39 is 0 Å². The predicted octanol–water partition coefficient (Wildman–Crippen LogP) is 0.884. The second kappa shape index (κ2) is 7.30. The first-order valence-corrected chi connectivity index (χ1v) is 7.63. The van der Waals surface area contributed by atoms with Crippen LogP contribution in [-0.2, 0) is 0 Å². The third kappa shape index (κ3) is 3.81. The first kappa shape index (κ1) is 14.1. The second-order valence-corrected chi connectivity index (χ2v) is 5.37. The van der Waals surface area contributed by atoms with Crippen molar-refractivity contribution in [1.29, 1.82) is 0 Å². The highest BCUT2D eigenvalue weighted by Crippen LogP contribution is 2.18. The molecule has 19 heavy (non-hydrogen) atoms. The van der Waals surface area contributed by atoms with E-state index in [-0.39, 0.29) is 0 Å². The number of guanidine groups is 1. The largest absolute Gasteiger partial charge is 0.345 e. The Morgan fingerprint density at radius 3 is 2.84 bits per heavy atom. The summed E-state index contributed by atoms with van der Waals surface area (Å²) in [4.78, 5) is 13.4. The Morgan fingerprint density at radius 1 is 1.47 bits per heavy atom. The van der Waals surface area contributed by atoms with Crippen molar-refractivity contribution in [1.82, 2.24) is 15.3 Å². The van der Waals surface area contributed by atoms with Crippen LogP contribution in [0.25, 0.3) is 0 Å². The molecule has 1 aromatic heterocycles. The number of hydrogen-bond donors (Lipinski definition) is 2. The Hall–Kier alpha value is -1.34. The Bertz CT molecular complexity index is 383. The van der Waals surface area contributed by atoms with Crippen molar-refractivity contribution >= 4 is 22.4 Å². The van der Waals surface area contributed by atoms with E-state index in [9.17, 15) is 0 Å². The van der Waals surface area contributed by atoms with E-state index in [2.05, 4.69) is 32.1 Å². The average Bonchev–Trinajstić information content (AvgIpc) is 2.98. The molecule has 1 aromatic rings. The van der Waals surface area contributed by atoms with E-state index in [4.69, 9.17) is 5.84 Å². The Kier molecular flexibility index (Phi) is 5.41. The van der Waals surface area contributed by atoms with Gasteiger partial charge in [0.15, 0.2) is 5.13 Å². The minimum Gasteiger partial charge on any atom is -0.345 e. The number of aromatic nitrogens is 1. The number of nitrogens with one attached hydrogen (secondary N) is 1. The van der Waals surface area contributed by atoms with Crippen molar-refractivity contribution < 1.29 is 0 Å². The van der Waals surface area contributed by atoms with E-state index in [0.717, 1.165) is 56.7 Å². The third-order valence-electron chi connectivity index (χ3n) is 3.17. The highest BCUT2D eigenvalue weighted by Gasteiger charge is 2.20. The number of aliphatic imine (C=N–C) groups is 1. The van der Waals surface area contributed by atoms with Crippen molar-refractivity contribution in [2.75, 3.05) is 37.6 Å². The summed E-state index contributed by atoms with van der Waals surface area (Å²) in [6, 6.07) is 0. The number of hydrogen-bond acceptors (Lipinski definition) is 5. The molecule has 2 rings (SSSR count). The van der Waals surface area contributed by atoms with Crippen LogP contribution < -0.4 is 16.2 Å². The van der Waals surface area contributed by atoms with E-state index in [1.165, 1.54) is 0 Å². The van der Waals surface area contributed by atoms with Gasteiger partial charge in [0.25, 0.3) is 0 Å². The SMILES string of the molecule is CCCCN=C(NN)N1CCN(c2nccs2)CC1. The molecule has 106 valence electrons. The minimum absolute atomic E-state index is 0.812. The van der Waals surface area contributed by atoms with Crippen LogP contribution in [0.2, 0.25) is 0 Å². The molecule has 0 spiro atoms. The fourth-order valence-corrected chi connectivity index (χ4v) is 2.76. The summed E-state index contributed by atoms with van der Waals surface area (Å²) < 4.78 is 0. The van der Waals surface area contributed by atoms with Crippen molar-refractivity contribution in [3.63, 3.8) is 0 Å². The fraction of sp³-hybridized carbons (Fsp3) is 0.667. The number of nitrogens with zero attached hydrogens (tertiary/aromatic N) is 4. The van der Waals surface area contributed by atoms with E-state index in [1.54, 1.807) is 11.3 Å². The smallest absolute Gasteiger partial charge is 0.208 e. The van der Waals surface area contributed by atoms with E-state index in [1.807, 2.05) is 11.6 Å². The first-order valence-electron chi connectivity index (χ1n) is 6.75. The van der Waals surface area contributed by atoms with Crippen LogP contribution in [0.5, 0.6) is 0 Å². The molecular formula is C12H22N6S. The van der Waals surface area contributed by atoms with Crippen molar-refractivity contribution in [3.8, 4) is 0 Å². The lowest BCUT2D eigenvalue weighted by Gasteiger charge is -2.35. The molecular weight excluding hydrogens is 260 g/mol. The predicted molar refractivity (Wildman–Crippen MR) is 80.4 cm³/mol. The number of unbranched alkanes of at least 4 members (excludes halogenated alkanes) is 1. The highest BCUT2D eigenvalue weighted by atomic mass is 32.1. The molecule has 0 atom stereocenters. The van der Waals surface area contributed by atoms with Crippen LogP contribution in [-0.4, -0.2) is 48.6 Å². The van der Waals surface area contributed by atoms with Gasteiger partial charge in [-0.15, -0.1) is 11.3 Å². The van der Waals surface area contributed by atoms with Crippen LogP contribution in [0, 0.1) is 0 Å². The van der Waals surface area contributed by atoms with Crippen molar-refractivity contribution in [2.45, 2.75) is 19.8 Å². The molecule has 1 aliphatic heterocycles. The van der Waals surface area contributed by atoms with Gasteiger partial charge in [-0.05, 0) is 6.42 Å². The molecule has 0 unspecified atom stereocenters. The zero-order chi connectivity index (χ0) is 13.5. The van der Waals surface area contributed by atoms with E-state index in [0.29, 0.717) is 0 Å². The molecule has 0 saturated carbocycles. The van der Waals surface area contributed by atoms with Crippen LogP contribution in [0.4, 0.5) is 5.13 Å². The molecule has 2 heterocycles. The topological polar surface area (TPSA) is 69.8 Å². The number of anilines is 1. The van der Waals surface area contributed by atoms with Gasteiger partial charge in [0.1, 0.15) is 0 Å². The zero-order valence-corrected chi connectivity index (χ0v) is 12.2. The zero-order valence-electron chi connectivity index (χ0n) is 11.4. The molecule has 1 aliphatic rings. The van der Waals surface area contributed by atoms with Gasteiger partial charge in [-0.1, -0.05) is 13.3 Å². The maximum Gasteiger partial charge on any atom is 0.208 e. The minimum atomic E-state index is 0.812. The normalized spacial score (nSPS) is 16.8. The molecule has 0 bridgehead atoms. The van der Waals surface area contributed by atoms with E-state index >= 15 is 0 Å². The summed E-state index contributed by atoms with van der Waals surface area (Å²) in [6.07, 6.45) is 4.11. The van der Waals surface area contributed by atoms with Crippen LogP contribution >= 0.6 is 11.3 Å². The molecule has 1 saturated heterocycles. The molecule has 7 heteroatoms. The lowest BCUT2D eigenvalue weighted by Crippen LogP contribution is -2.54. The average molecular weight is 282 g/mol. The lowest BCUT2D eigenvalue weighted by atomic mass is 10.3. The Morgan fingerprint density at radius 2 is 2.26 bits per heavy atom. The summed E-state index contributed by atoms with van der Waals surface area (Å²) in [6.45, 7) is 6.77. The molecule has 0 amide bonds. The van der Waals surface area contributed by atoms with Gasteiger partial charge in [0, 0.05) is 44.3 Å². The molecule has 1 fully saturated rings. The number of nitrogens with two attached hydrogens (primary N) is 1. The maximum atomic E-state index is 5.57. The lowest BCUT2D eigenvalue weighted by molar-refractivity contribution is 0.372. The summed E-state index contributed by atoms with van der Waals surface area (Å²) in [5.74, 6) is 6.38. The monoisotopic (exact) mass is 282 g/mol. The number of hydrazine groups is 1. The molecule has 0 radical (unpaired) electrons. The Balaban J connectivity index is 1.86. The van der Waals surface area contributed by atoms with Crippen molar-refractivity contribution in [2.24, 2.45) is 10.8 Å². The van der Waals surface area contributed by atoms with Crippen LogP contribution in [0.3, 0.4) is 0 Å². The van der Waals surface area contributed by atoms with Gasteiger partial charge >= 0.3 is 0 Å². The van der Waals surface area contributed by atoms with Gasteiger partial charge in [-0.3, -0.25) is 10.4 Å². The van der Waals surface area contributed by atoms with Crippen molar-refractivity contribution in [3.05, 3.63) is 11.6 Å². The fourth-order valence-electron chi connectivity index (χ4n) is 2.06. The number of rotatable bonds is 4. The van der Waals surface area contributed by atoms with Gasteiger partial charge in [-0.2, -0.15) is 0 Å². The highest BCUT2D eigenvalue weighted by molar-refractivity contribution is 7.13. The van der Waals surface area contributed by atoms with Crippen LogP contribution in [0.15, 0.2) is 16.6 Å². The first-order chi connectivity index (χ1) is 9.35. The maximum absolute atomic E-state index is 5.57. The number of thiazole rings is 1. The third-order valence-corrected chi connectivity index (χ3v) is 4.00.